The third kappa shape index (κ3) is 7.99. The van der Waals surface area contributed by atoms with Crippen molar-refractivity contribution in [3.05, 3.63) is 0 Å². The maximum atomic E-state index is 12.9. The molecule has 0 aromatic carbocycles. The number of amides is 2. The molecule has 1 aliphatic heterocycles. The van der Waals surface area contributed by atoms with Crippen molar-refractivity contribution in [2.24, 2.45) is 11.7 Å². The first-order valence-electron chi connectivity index (χ1n) is 12.3. The minimum Gasteiger partial charge on any atom is -0.354 e. The number of nitrogens with two attached hydrogens (primary N) is 1. The van der Waals surface area contributed by atoms with Gasteiger partial charge in [0.2, 0.25) is 5.91 Å². The van der Waals surface area contributed by atoms with Crippen molar-refractivity contribution in [2.75, 3.05) is 6.54 Å². The van der Waals surface area contributed by atoms with Crippen LogP contribution >= 0.6 is 0 Å². The molecule has 32 heavy (non-hydrogen) atoms. The maximum Gasteiger partial charge on any atom is 0.251 e. The summed E-state index contributed by atoms with van der Waals surface area (Å²) in [6, 6.07) is 0. The first kappa shape index (κ1) is 28.9. The molecule has 2 unspecified atom stereocenters. The molecule has 4 N–H and O–H groups in total. The second-order valence-corrected chi connectivity index (χ2v) is 11.9. The molecule has 7 nitrogen and oxygen atoms in total. The van der Waals surface area contributed by atoms with Crippen LogP contribution in [-0.4, -0.2) is 51.7 Å². The quantitative estimate of drug-likeness (QED) is 0.440. The smallest absolute Gasteiger partial charge is 0.251 e. The van der Waals surface area contributed by atoms with Gasteiger partial charge in [-0.25, -0.2) is 0 Å². The monoisotopic (exact) mass is 454 g/mol. The van der Waals surface area contributed by atoms with E-state index in [0.717, 1.165) is 19.3 Å². The molecule has 0 aromatic rings. The molecule has 1 aliphatic rings. The number of hydrogen-bond donors (Lipinski definition) is 3. The molecule has 0 aromatic heterocycles. The second-order valence-electron chi connectivity index (χ2n) is 11.9. The van der Waals surface area contributed by atoms with Gasteiger partial charge >= 0.3 is 0 Å². The van der Waals surface area contributed by atoms with E-state index in [4.69, 9.17) is 10.6 Å². The number of piperidine rings is 1. The molecule has 1 rings (SSSR count). The van der Waals surface area contributed by atoms with E-state index < -0.39 is 11.6 Å². The summed E-state index contributed by atoms with van der Waals surface area (Å²) in [5.74, 6) is 0.121. The van der Waals surface area contributed by atoms with E-state index >= 15 is 0 Å². The molecule has 0 saturated carbocycles. The highest BCUT2D eigenvalue weighted by Crippen LogP contribution is 2.43. The average molecular weight is 455 g/mol. The van der Waals surface area contributed by atoms with Crippen molar-refractivity contribution in [3.63, 3.8) is 0 Å². The summed E-state index contributed by atoms with van der Waals surface area (Å²) in [6.07, 6.45) is 5.25. The first-order valence-corrected chi connectivity index (χ1v) is 12.3. The number of nitrogens with one attached hydrogen (secondary N) is 2. The zero-order valence-corrected chi connectivity index (χ0v) is 22.4. The Morgan fingerprint density at radius 1 is 1.12 bits per heavy atom. The Kier molecular flexibility index (Phi) is 9.77. The third-order valence-corrected chi connectivity index (χ3v) is 6.80. The van der Waals surface area contributed by atoms with Crippen molar-refractivity contribution >= 4 is 11.8 Å². The Balaban J connectivity index is 2.73. The van der Waals surface area contributed by atoms with E-state index in [-0.39, 0.29) is 28.4 Å². The lowest BCUT2D eigenvalue weighted by atomic mass is 9.74. The Morgan fingerprint density at radius 3 is 2.12 bits per heavy atom. The molecule has 0 radical (unpaired) electrons. The van der Waals surface area contributed by atoms with Gasteiger partial charge in [0.15, 0.2) is 6.10 Å². The Hall–Kier alpha value is -1.18. The van der Waals surface area contributed by atoms with Crippen molar-refractivity contribution in [1.82, 2.24) is 15.7 Å². The van der Waals surface area contributed by atoms with Gasteiger partial charge < -0.3 is 16.4 Å². The van der Waals surface area contributed by atoms with Crippen LogP contribution in [0.25, 0.3) is 0 Å². The number of hydroxylamine groups is 2. The van der Waals surface area contributed by atoms with Crippen LogP contribution in [0.4, 0.5) is 0 Å². The molecule has 2 amide bonds. The van der Waals surface area contributed by atoms with Gasteiger partial charge in [0.1, 0.15) is 5.54 Å². The van der Waals surface area contributed by atoms with Crippen LogP contribution in [0.1, 0.15) is 108 Å². The van der Waals surface area contributed by atoms with Crippen molar-refractivity contribution in [1.29, 1.82) is 0 Å². The SMILES string of the molecule is CCCC1CC(C)(C)N(OC(C)C(=O)NC(C)(C)C(=O)NCCC(C)(N)CC)C(C)(C)C1. The maximum absolute atomic E-state index is 12.9. The van der Waals surface area contributed by atoms with Crippen LogP contribution in [0.15, 0.2) is 0 Å². The van der Waals surface area contributed by atoms with Gasteiger partial charge in [-0.3, -0.25) is 14.4 Å². The second kappa shape index (κ2) is 10.8. The minimum absolute atomic E-state index is 0.183. The highest BCUT2D eigenvalue weighted by atomic mass is 16.7. The van der Waals surface area contributed by atoms with E-state index in [0.29, 0.717) is 18.9 Å². The lowest BCUT2D eigenvalue weighted by molar-refractivity contribution is -0.302. The van der Waals surface area contributed by atoms with Crippen molar-refractivity contribution in [2.45, 2.75) is 136 Å². The standard InChI is InChI=1S/C25H50N4O3/c1-11-13-19-16-22(4,5)29(23(6,7)17-19)32-18(3)20(30)28-24(8,9)21(31)27-15-14-25(10,26)12-2/h18-19H,11-17,26H2,1-10H3,(H,27,31)(H,28,30). The number of carbonyl (C=O) groups excluding carboxylic acids is 2. The van der Waals surface area contributed by atoms with E-state index in [1.807, 2.05) is 18.9 Å². The topological polar surface area (TPSA) is 96.7 Å². The number of rotatable bonds is 11. The van der Waals surface area contributed by atoms with Gasteiger partial charge in [-0.05, 0) is 87.0 Å². The van der Waals surface area contributed by atoms with Crippen LogP contribution in [0.3, 0.4) is 0 Å². The Labute approximate surface area is 196 Å². The molecular weight excluding hydrogens is 404 g/mol. The fourth-order valence-corrected chi connectivity index (χ4v) is 4.90. The third-order valence-electron chi connectivity index (χ3n) is 6.80. The molecule has 1 saturated heterocycles. The van der Waals surface area contributed by atoms with E-state index in [1.165, 1.54) is 12.8 Å². The predicted molar refractivity (Wildman–Crippen MR) is 131 cm³/mol. The van der Waals surface area contributed by atoms with Gasteiger partial charge in [0.05, 0.1) is 0 Å². The van der Waals surface area contributed by atoms with Crippen molar-refractivity contribution in [3.8, 4) is 0 Å². The normalized spacial score (nSPS) is 22.1. The van der Waals surface area contributed by atoms with E-state index in [1.54, 1.807) is 20.8 Å². The zero-order valence-electron chi connectivity index (χ0n) is 22.4. The molecule has 2 atom stereocenters. The summed E-state index contributed by atoms with van der Waals surface area (Å²) >= 11 is 0. The van der Waals surface area contributed by atoms with E-state index in [9.17, 15) is 9.59 Å². The highest BCUT2D eigenvalue weighted by molar-refractivity contribution is 5.91. The van der Waals surface area contributed by atoms with Crippen LogP contribution in [0.5, 0.6) is 0 Å². The van der Waals surface area contributed by atoms with Crippen molar-refractivity contribution < 1.29 is 14.4 Å². The molecule has 7 heteroatoms. The van der Waals surface area contributed by atoms with Crippen LogP contribution in [0, 0.1) is 5.92 Å². The molecular formula is C25H50N4O3. The molecule has 0 aliphatic carbocycles. The fourth-order valence-electron chi connectivity index (χ4n) is 4.90. The van der Waals surface area contributed by atoms with Gasteiger partial charge in [-0.15, -0.1) is 0 Å². The molecule has 1 heterocycles. The van der Waals surface area contributed by atoms with E-state index in [2.05, 4.69) is 45.3 Å². The van der Waals surface area contributed by atoms with Crippen LogP contribution < -0.4 is 16.4 Å². The van der Waals surface area contributed by atoms with Crippen LogP contribution in [0.2, 0.25) is 0 Å². The number of hydrogen-bond acceptors (Lipinski definition) is 5. The van der Waals surface area contributed by atoms with Gasteiger partial charge in [-0.2, -0.15) is 5.06 Å². The summed E-state index contributed by atoms with van der Waals surface area (Å²) in [5.41, 5.74) is 4.42. The Bertz CT molecular complexity index is 625. The average Bonchev–Trinajstić information content (AvgIpc) is 2.63. The van der Waals surface area contributed by atoms with Crippen LogP contribution in [-0.2, 0) is 14.4 Å². The van der Waals surface area contributed by atoms with Gasteiger partial charge in [-0.1, -0.05) is 26.7 Å². The summed E-state index contributed by atoms with van der Waals surface area (Å²) < 4.78 is 0. The summed E-state index contributed by atoms with van der Waals surface area (Å²) in [6.45, 7) is 20.6. The van der Waals surface area contributed by atoms with Gasteiger partial charge in [0.25, 0.3) is 5.91 Å². The lowest BCUT2D eigenvalue weighted by Gasteiger charge is -2.54. The summed E-state index contributed by atoms with van der Waals surface area (Å²) in [7, 11) is 0. The van der Waals surface area contributed by atoms with Gasteiger partial charge in [0, 0.05) is 23.2 Å². The lowest BCUT2D eigenvalue weighted by Crippen LogP contribution is -2.63. The molecule has 0 bridgehead atoms. The Morgan fingerprint density at radius 2 is 1.66 bits per heavy atom. The molecule has 0 spiro atoms. The molecule has 1 fully saturated rings. The number of carbonyl (C=O) groups is 2. The summed E-state index contributed by atoms with van der Waals surface area (Å²) in [5, 5.41) is 7.76. The molecule has 188 valence electrons. The highest BCUT2D eigenvalue weighted by Gasteiger charge is 2.47. The predicted octanol–water partition coefficient (Wildman–Crippen LogP) is 3.90. The fraction of sp³-hybridized carbons (Fsp3) is 0.920. The summed E-state index contributed by atoms with van der Waals surface area (Å²) in [4.78, 5) is 31.9. The zero-order chi connectivity index (χ0) is 25.0. The number of nitrogens with zero attached hydrogens (tertiary/aromatic N) is 1. The first-order chi connectivity index (χ1) is 14.5. The minimum atomic E-state index is -1.05. The largest absolute Gasteiger partial charge is 0.354 e.